The topological polar surface area (TPSA) is 70.7 Å². The van der Waals surface area contributed by atoms with Crippen LogP contribution in [0.4, 0.5) is 15.3 Å². The van der Waals surface area contributed by atoms with Gasteiger partial charge in [0.05, 0.1) is 6.61 Å². The summed E-state index contributed by atoms with van der Waals surface area (Å²) in [4.78, 5) is 25.4. The van der Waals surface area contributed by atoms with E-state index in [0.717, 1.165) is 28.6 Å². The second kappa shape index (κ2) is 8.19. The van der Waals surface area contributed by atoms with Gasteiger partial charge in [-0.2, -0.15) is 0 Å². The van der Waals surface area contributed by atoms with Gasteiger partial charge in [-0.25, -0.2) is 9.59 Å². The van der Waals surface area contributed by atoms with Gasteiger partial charge in [-0.05, 0) is 44.4 Å². The van der Waals surface area contributed by atoms with Crippen molar-refractivity contribution in [2.24, 2.45) is 0 Å². The number of likely N-dealkylation sites (tertiary alicyclic amines) is 1. The van der Waals surface area contributed by atoms with Crippen molar-refractivity contribution in [1.82, 2.24) is 10.2 Å². The van der Waals surface area contributed by atoms with E-state index in [1.165, 1.54) is 0 Å². The highest BCUT2D eigenvalue weighted by molar-refractivity contribution is 9.10. The Balaban J connectivity index is 1.81. The Kier molecular flexibility index (Phi) is 6.27. The molecule has 7 heteroatoms. The van der Waals surface area contributed by atoms with Gasteiger partial charge in [0.1, 0.15) is 0 Å². The van der Waals surface area contributed by atoms with Crippen molar-refractivity contribution in [3.8, 4) is 0 Å². The van der Waals surface area contributed by atoms with Crippen molar-refractivity contribution in [3.05, 3.63) is 28.2 Å². The van der Waals surface area contributed by atoms with Crippen LogP contribution in [0.15, 0.2) is 22.7 Å². The molecular formula is C16H22BrN3O3. The van der Waals surface area contributed by atoms with E-state index in [-0.39, 0.29) is 18.2 Å². The summed E-state index contributed by atoms with van der Waals surface area (Å²) in [5.41, 5.74) is 1.78. The van der Waals surface area contributed by atoms with E-state index in [0.29, 0.717) is 19.7 Å². The summed E-state index contributed by atoms with van der Waals surface area (Å²) < 4.78 is 5.90. The molecule has 23 heavy (non-hydrogen) atoms. The number of hydrogen-bond donors (Lipinski definition) is 2. The van der Waals surface area contributed by atoms with Gasteiger partial charge in [-0.3, -0.25) is 0 Å². The molecule has 1 heterocycles. The van der Waals surface area contributed by atoms with E-state index < -0.39 is 0 Å². The van der Waals surface area contributed by atoms with Gasteiger partial charge >= 0.3 is 12.1 Å². The Morgan fingerprint density at radius 3 is 2.70 bits per heavy atom. The summed E-state index contributed by atoms with van der Waals surface area (Å²) >= 11 is 3.40. The molecule has 0 spiro atoms. The van der Waals surface area contributed by atoms with Crippen LogP contribution in [0.25, 0.3) is 0 Å². The van der Waals surface area contributed by atoms with Crippen LogP contribution in [0, 0.1) is 6.92 Å². The van der Waals surface area contributed by atoms with Gasteiger partial charge in [0.15, 0.2) is 0 Å². The molecule has 1 aromatic carbocycles. The van der Waals surface area contributed by atoms with Gasteiger partial charge in [0, 0.05) is 29.3 Å². The first kappa shape index (κ1) is 17.6. The van der Waals surface area contributed by atoms with Gasteiger partial charge in [-0.1, -0.05) is 22.0 Å². The SMILES string of the molecule is CCOC(=O)N1CCC(NC(=O)Nc2cc(Br)ccc2C)CC1. The fraction of sp³-hybridized carbons (Fsp3) is 0.500. The third-order valence-corrected chi connectivity index (χ3v) is 4.30. The molecule has 2 N–H and O–H groups in total. The number of hydrogen-bond acceptors (Lipinski definition) is 3. The first-order valence-corrected chi connectivity index (χ1v) is 8.54. The van der Waals surface area contributed by atoms with Crippen LogP contribution >= 0.6 is 15.9 Å². The number of rotatable bonds is 3. The number of anilines is 1. The Morgan fingerprint density at radius 1 is 1.35 bits per heavy atom. The highest BCUT2D eigenvalue weighted by Crippen LogP contribution is 2.20. The third kappa shape index (κ3) is 5.13. The smallest absolute Gasteiger partial charge is 0.409 e. The van der Waals surface area contributed by atoms with Crippen molar-refractivity contribution in [2.75, 3.05) is 25.0 Å². The molecule has 3 amide bonds. The highest BCUT2D eigenvalue weighted by atomic mass is 79.9. The summed E-state index contributed by atoms with van der Waals surface area (Å²) in [6, 6.07) is 5.59. The minimum Gasteiger partial charge on any atom is -0.450 e. The quantitative estimate of drug-likeness (QED) is 0.838. The van der Waals surface area contributed by atoms with E-state index in [2.05, 4.69) is 26.6 Å². The number of carbonyl (C=O) groups excluding carboxylic acids is 2. The van der Waals surface area contributed by atoms with Crippen LogP contribution in [0.5, 0.6) is 0 Å². The Labute approximate surface area is 144 Å². The molecule has 6 nitrogen and oxygen atoms in total. The van der Waals surface area contributed by atoms with Crippen LogP contribution < -0.4 is 10.6 Å². The summed E-state index contributed by atoms with van der Waals surface area (Å²) in [5.74, 6) is 0. The number of aryl methyl sites for hydroxylation is 1. The summed E-state index contributed by atoms with van der Waals surface area (Å²) in [6.45, 7) is 5.31. The van der Waals surface area contributed by atoms with Crippen molar-refractivity contribution in [2.45, 2.75) is 32.7 Å². The second-order valence-electron chi connectivity index (χ2n) is 5.52. The normalized spacial score (nSPS) is 15.2. The average Bonchev–Trinajstić information content (AvgIpc) is 2.52. The molecular weight excluding hydrogens is 362 g/mol. The standard InChI is InChI=1S/C16H22BrN3O3/c1-3-23-16(22)20-8-6-13(7-9-20)18-15(21)19-14-10-12(17)5-4-11(14)2/h4-5,10,13H,3,6-9H2,1-2H3,(H2,18,19,21). The minimum atomic E-state index is -0.278. The number of nitrogens with zero attached hydrogens (tertiary/aromatic N) is 1. The second-order valence-corrected chi connectivity index (χ2v) is 6.43. The summed E-state index contributed by atoms with van der Waals surface area (Å²) in [6.07, 6.45) is 1.17. The van der Waals surface area contributed by atoms with Crippen LogP contribution in [-0.2, 0) is 4.74 Å². The van der Waals surface area contributed by atoms with Crippen LogP contribution in [0.1, 0.15) is 25.3 Å². The lowest BCUT2D eigenvalue weighted by Crippen LogP contribution is -2.47. The Morgan fingerprint density at radius 2 is 2.04 bits per heavy atom. The highest BCUT2D eigenvalue weighted by Gasteiger charge is 2.24. The molecule has 0 radical (unpaired) electrons. The van der Waals surface area contributed by atoms with E-state index in [9.17, 15) is 9.59 Å². The maximum absolute atomic E-state index is 12.1. The molecule has 2 rings (SSSR count). The van der Waals surface area contributed by atoms with E-state index in [1.807, 2.05) is 25.1 Å². The number of benzene rings is 1. The molecule has 1 aliphatic heterocycles. The predicted octanol–water partition coefficient (Wildman–Crippen LogP) is 3.50. The van der Waals surface area contributed by atoms with E-state index in [4.69, 9.17) is 4.74 Å². The van der Waals surface area contributed by atoms with Crippen molar-refractivity contribution < 1.29 is 14.3 Å². The fourth-order valence-corrected chi connectivity index (χ4v) is 2.85. The maximum Gasteiger partial charge on any atom is 0.409 e. The third-order valence-electron chi connectivity index (χ3n) is 3.80. The monoisotopic (exact) mass is 383 g/mol. The molecule has 0 aliphatic carbocycles. The first-order valence-electron chi connectivity index (χ1n) is 7.75. The minimum absolute atomic E-state index is 0.0631. The lowest BCUT2D eigenvalue weighted by molar-refractivity contribution is 0.0959. The van der Waals surface area contributed by atoms with Crippen molar-refractivity contribution in [1.29, 1.82) is 0 Å². The molecule has 1 saturated heterocycles. The molecule has 126 valence electrons. The molecule has 0 unspecified atom stereocenters. The average molecular weight is 384 g/mol. The molecule has 0 bridgehead atoms. The number of amides is 3. The molecule has 1 aromatic rings. The zero-order valence-electron chi connectivity index (χ0n) is 13.4. The number of urea groups is 1. The van der Waals surface area contributed by atoms with Crippen LogP contribution in [0.2, 0.25) is 0 Å². The van der Waals surface area contributed by atoms with Crippen LogP contribution in [0.3, 0.4) is 0 Å². The summed E-state index contributed by atoms with van der Waals surface area (Å²) in [7, 11) is 0. The molecule has 0 atom stereocenters. The number of halogens is 1. The predicted molar refractivity (Wildman–Crippen MR) is 92.7 cm³/mol. The van der Waals surface area contributed by atoms with Gasteiger partial charge in [-0.15, -0.1) is 0 Å². The lowest BCUT2D eigenvalue weighted by Gasteiger charge is -2.31. The zero-order valence-corrected chi connectivity index (χ0v) is 15.0. The number of ether oxygens (including phenoxy) is 1. The molecule has 1 aliphatic rings. The van der Waals surface area contributed by atoms with Crippen molar-refractivity contribution in [3.63, 3.8) is 0 Å². The van der Waals surface area contributed by atoms with Gasteiger partial charge < -0.3 is 20.3 Å². The largest absolute Gasteiger partial charge is 0.450 e. The maximum atomic E-state index is 12.1. The first-order chi connectivity index (χ1) is 11.0. The molecule has 0 saturated carbocycles. The van der Waals surface area contributed by atoms with Gasteiger partial charge in [0.25, 0.3) is 0 Å². The molecule has 0 aromatic heterocycles. The van der Waals surface area contributed by atoms with E-state index >= 15 is 0 Å². The number of nitrogens with one attached hydrogen (secondary N) is 2. The fourth-order valence-electron chi connectivity index (χ4n) is 2.49. The number of piperidine rings is 1. The Bertz CT molecular complexity index is 572. The molecule has 1 fully saturated rings. The Hall–Kier alpha value is -1.76. The van der Waals surface area contributed by atoms with Crippen LogP contribution in [-0.4, -0.2) is 42.8 Å². The van der Waals surface area contributed by atoms with Crippen molar-refractivity contribution >= 4 is 33.7 Å². The lowest BCUT2D eigenvalue weighted by atomic mass is 10.1. The number of carbonyl (C=O) groups is 2. The zero-order chi connectivity index (χ0) is 16.8. The van der Waals surface area contributed by atoms with E-state index in [1.54, 1.807) is 11.8 Å². The summed E-state index contributed by atoms with van der Waals surface area (Å²) in [5, 5.41) is 5.83. The van der Waals surface area contributed by atoms with Gasteiger partial charge in [0.2, 0.25) is 0 Å².